The average Bonchev–Trinajstić information content (AvgIpc) is 3.16. The molecular weight excluding hydrogens is 384 g/mol. The number of nitrogens with one attached hydrogen (secondary N) is 2. The molecule has 0 radical (unpaired) electrons. The lowest BCUT2D eigenvalue weighted by Crippen LogP contribution is -2.42. The van der Waals surface area contributed by atoms with E-state index in [2.05, 4.69) is 32.5 Å². The molecule has 1 heterocycles. The Morgan fingerprint density at radius 1 is 1.33 bits per heavy atom. The van der Waals surface area contributed by atoms with Gasteiger partial charge in [-0.25, -0.2) is 0 Å². The number of benzene rings is 1. The second-order valence-electron chi connectivity index (χ2n) is 6.77. The maximum Gasteiger partial charge on any atom is 0.271 e. The van der Waals surface area contributed by atoms with Crippen LogP contribution in [0, 0.1) is 18.3 Å². The van der Waals surface area contributed by atoms with Crippen LogP contribution in [0.1, 0.15) is 37.0 Å². The fourth-order valence-corrected chi connectivity index (χ4v) is 2.37. The molecule has 0 atom stereocenters. The molecule has 2 rings (SSSR count). The molecule has 2 aromatic rings. The standard InChI is InChI=1S/C21H22N6O3/c1-6-14(11-17(23-5)19(29)26-21(3,4)12-22)25-18(28)15-9-7-8-10-16(15)20-24-13(2)27-30-20/h6-11H,5H2,1-4H3,(H,25,28)(H,26,29)/b14-6+,17-11-. The van der Waals surface area contributed by atoms with Crippen LogP contribution in [0.2, 0.25) is 0 Å². The average molecular weight is 406 g/mol. The number of aliphatic imine (C=N–C) groups is 1. The van der Waals surface area contributed by atoms with Crippen molar-refractivity contribution in [1.29, 1.82) is 5.26 Å². The zero-order valence-corrected chi connectivity index (χ0v) is 17.2. The highest BCUT2D eigenvalue weighted by atomic mass is 16.5. The molecule has 0 bridgehead atoms. The topological polar surface area (TPSA) is 133 Å². The Bertz CT molecular complexity index is 1070. The van der Waals surface area contributed by atoms with E-state index in [9.17, 15) is 9.59 Å². The molecule has 1 aromatic heterocycles. The summed E-state index contributed by atoms with van der Waals surface area (Å²) in [5.41, 5.74) is -0.0134. The summed E-state index contributed by atoms with van der Waals surface area (Å²) in [6.45, 7) is 9.87. The van der Waals surface area contributed by atoms with Crippen molar-refractivity contribution in [2.75, 3.05) is 0 Å². The highest BCUT2D eigenvalue weighted by molar-refractivity contribution is 6.01. The predicted molar refractivity (Wildman–Crippen MR) is 111 cm³/mol. The van der Waals surface area contributed by atoms with Crippen molar-refractivity contribution >= 4 is 18.5 Å². The van der Waals surface area contributed by atoms with Crippen LogP contribution in [-0.2, 0) is 4.79 Å². The zero-order chi connectivity index (χ0) is 22.3. The number of allylic oxidation sites excluding steroid dienone is 2. The number of nitriles is 1. The third-order valence-corrected chi connectivity index (χ3v) is 3.90. The van der Waals surface area contributed by atoms with Gasteiger partial charge in [-0.3, -0.25) is 14.6 Å². The molecule has 154 valence electrons. The van der Waals surface area contributed by atoms with E-state index in [0.29, 0.717) is 22.6 Å². The van der Waals surface area contributed by atoms with Crippen molar-refractivity contribution in [2.24, 2.45) is 4.99 Å². The summed E-state index contributed by atoms with van der Waals surface area (Å²) < 4.78 is 5.17. The fourth-order valence-electron chi connectivity index (χ4n) is 2.37. The molecule has 0 aliphatic rings. The molecular formula is C21H22N6O3. The van der Waals surface area contributed by atoms with Gasteiger partial charge in [-0.1, -0.05) is 23.4 Å². The lowest BCUT2D eigenvalue weighted by Gasteiger charge is -2.17. The van der Waals surface area contributed by atoms with Crippen LogP contribution < -0.4 is 10.6 Å². The first-order valence-corrected chi connectivity index (χ1v) is 9.00. The van der Waals surface area contributed by atoms with Crippen LogP contribution in [0.4, 0.5) is 0 Å². The van der Waals surface area contributed by atoms with Crippen LogP contribution >= 0.6 is 0 Å². The molecule has 0 spiro atoms. The van der Waals surface area contributed by atoms with E-state index in [1.807, 2.05) is 6.07 Å². The second-order valence-corrected chi connectivity index (χ2v) is 6.77. The third-order valence-electron chi connectivity index (χ3n) is 3.90. The number of amides is 2. The van der Waals surface area contributed by atoms with E-state index in [1.54, 1.807) is 58.0 Å². The van der Waals surface area contributed by atoms with Gasteiger partial charge in [-0.15, -0.1) is 0 Å². The monoisotopic (exact) mass is 406 g/mol. The normalized spacial score (nSPS) is 12.1. The summed E-state index contributed by atoms with van der Waals surface area (Å²) in [7, 11) is 0. The Hall–Kier alpha value is -4.06. The molecule has 0 saturated carbocycles. The summed E-state index contributed by atoms with van der Waals surface area (Å²) >= 11 is 0. The van der Waals surface area contributed by atoms with Crippen molar-refractivity contribution in [3.8, 4) is 17.5 Å². The summed E-state index contributed by atoms with van der Waals surface area (Å²) in [6.07, 6.45) is 2.97. The van der Waals surface area contributed by atoms with Crippen molar-refractivity contribution in [3.63, 3.8) is 0 Å². The molecule has 2 amide bonds. The van der Waals surface area contributed by atoms with Gasteiger partial charge in [0, 0.05) is 5.70 Å². The van der Waals surface area contributed by atoms with Gasteiger partial charge in [0.05, 0.1) is 17.2 Å². The number of aromatic nitrogens is 2. The zero-order valence-electron chi connectivity index (χ0n) is 17.2. The van der Waals surface area contributed by atoms with Crippen molar-refractivity contribution in [1.82, 2.24) is 20.8 Å². The molecule has 0 aliphatic carbocycles. The van der Waals surface area contributed by atoms with Crippen molar-refractivity contribution < 1.29 is 14.1 Å². The van der Waals surface area contributed by atoms with Gasteiger partial charge in [0.1, 0.15) is 11.2 Å². The first-order valence-electron chi connectivity index (χ1n) is 9.00. The van der Waals surface area contributed by atoms with Gasteiger partial charge < -0.3 is 15.2 Å². The Labute approximate surface area is 174 Å². The number of hydrogen-bond donors (Lipinski definition) is 2. The molecule has 9 heteroatoms. The minimum absolute atomic E-state index is 0.0486. The second kappa shape index (κ2) is 9.43. The molecule has 1 aromatic carbocycles. The van der Waals surface area contributed by atoms with Crippen molar-refractivity contribution in [2.45, 2.75) is 33.2 Å². The quantitative estimate of drug-likeness (QED) is 0.412. The van der Waals surface area contributed by atoms with Gasteiger partial charge in [0.25, 0.3) is 17.7 Å². The van der Waals surface area contributed by atoms with Gasteiger partial charge >= 0.3 is 0 Å². The van der Waals surface area contributed by atoms with Gasteiger partial charge in [-0.05, 0) is 52.6 Å². The van der Waals surface area contributed by atoms with E-state index in [4.69, 9.17) is 9.78 Å². The van der Waals surface area contributed by atoms with E-state index < -0.39 is 17.4 Å². The van der Waals surface area contributed by atoms with Gasteiger partial charge in [-0.2, -0.15) is 10.2 Å². The number of rotatable bonds is 7. The van der Waals surface area contributed by atoms with Crippen LogP contribution in [-0.4, -0.2) is 34.2 Å². The summed E-state index contributed by atoms with van der Waals surface area (Å²) in [5.74, 6) is -0.355. The Morgan fingerprint density at radius 2 is 2.03 bits per heavy atom. The van der Waals surface area contributed by atoms with Crippen LogP contribution in [0.25, 0.3) is 11.5 Å². The smallest absolute Gasteiger partial charge is 0.271 e. The minimum Gasteiger partial charge on any atom is -0.334 e. The third kappa shape index (κ3) is 5.48. The van der Waals surface area contributed by atoms with Crippen molar-refractivity contribution in [3.05, 3.63) is 59.2 Å². The summed E-state index contributed by atoms with van der Waals surface area (Å²) in [4.78, 5) is 33.1. The molecule has 30 heavy (non-hydrogen) atoms. The first-order chi connectivity index (χ1) is 14.2. The Morgan fingerprint density at radius 3 is 2.60 bits per heavy atom. The lowest BCUT2D eigenvalue weighted by atomic mass is 10.1. The maximum absolute atomic E-state index is 12.9. The molecule has 2 N–H and O–H groups in total. The minimum atomic E-state index is -1.08. The highest BCUT2D eigenvalue weighted by Gasteiger charge is 2.22. The number of hydrogen-bond acceptors (Lipinski definition) is 7. The number of carbonyl (C=O) groups excluding carboxylic acids is 2. The molecule has 0 saturated heterocycles. The van der Waals surface area contributed by atoms with E-state index >= 15 is 0 Å². The van der Waals surface area contributed by atoms with Crippen LogP contribution in [0.15, 0.2) is 57.3 Å². The van der Waals surface area contributed by atoms with E-state index in [0.717, 1.165) is 0 Å². The molecule has 9 nitrogen and oxygen atoms in total. The van der Waals surface area contributed by atoms with Gasteiger partial charge in [0.15, 0.2) is 5.82 Å². The number of carbonyl (C=O) groups is 2. The summed E-state index contributed by atoms with van der Waals surface area (Å²) in [6, 6.07) is 8.75. The van der Waals surface area contributed by atoms with Crippen LogP contribution in [0.3, 0.4) is 0 Å². The Kier molecular flexibility index (Phi) is 6.99. The summed E-state index contributed by atoms with van der Waals surface area (Å²) in [5, 5.41) is 18.1. The van der Waals surface area contributed by atoms with E-state index in [-0.39, 0.29) is 11.6 Å². The van der Waals surface area contributed by atoms with E-state index in [1.165, 1.54) is 6.08 Å². The number of aryl methyl sites for hydroxylation is 1. The highest BCUT2D eigenvalue weighted by Crippen LogP contribution is 2.22. The number of nitrogens with zero attached hydrogens (tertiary/aromatic N) is 4. The maximum atomic E-state index is 12.9. The lowest BCUT2D eigenvalue weighted by molar-refractivity contribution is -0.118. The molecule has 0 unspecified atom stereocenters. The predicted octanol–water partition coefficient (Wildman–Crippen LogP) is 2.68. The molecule has 0 fully saturated rings. The largest absolute Gasteiger partial charge is 0.334 e. The molecule has 0 aliphatic heterocycles. The fraction of sp³-hybridized carbons (Fsp3) is 0.238. The SMILES string of the molecule is C=N/C(=C\C(=C/C)NC(=O)c1ccccc1-c1nc(C)no1)C(=O)NC(C)(C)C#N. The van der Waals surface area contributed by atoms with Crippen LogP contribution in [0.5, 0.6) is 0 Å². The Balaban J connectivity index is 2.27. The first kappa shape index (κ1) is 22.2. The van der Waals surface area contributed by atoms with Gasteiger partial charge in [0.2, 0.25) is 0 Å².